The number of imidazole rings is 1. The zero-order chi connectivity index (χ0) is 11.0. The van der Waals surface area contributed by atoms with E-state index in [4.69, 9.17) is 5.73 Å². The highest BCUT2D eigenvalue weighted by Crippen LogP contribution is 2.27. The molecule has 1 heterocycles. The van der Waals surface area contributed by atoms with Crippen LogP contribution in [0.2, 0.25) is 0 Å². The molecule has 1 aromatic carbocycles. The smallest absolute Gasteiger partial charge is 0.131 e. The molecule has 15 heavy (non-hydrogen) atoms. The van der Waals surface area contributed by atoms with Crippen molar-refractivity contribution in [2.24, 2.45) is 7.05 Å². The Morgan fingerprint density at radius 1 is 1.20 bits per heavy atom. The second kappa shape index (κ2) is 3.42. The minimum atomic E-state index is 0.724. The van der Waals surface area contributed by atoms with Crippen LogP contribution in [-0.4, -0.2) is 9.55 Å². The topological polar surface area (TPSA) is 43.8 Å². The SMILES string of the molecule is Cc1ccccc1-c1nc(C)n(C)c1N. The van der Waals surface area contributed by atoms with E-state index in [9.17, 15) is 0 Å². The fourth-order valence-corrected chi connectivity index (χ4v) is 1.66. The van der Waals surface area contributed by atoms with E-state index < -0.39 is 0 Å². The van der Waals surface area contributed by atoms with Crippen LogP contribution in [-0.2, 0) is 7.05 Å². The molecule has 2 N–H and O–H groups in total. The summed E-state index contributed by atoms with van der Waals surface area (Å²) >= 11 is 0. The largest absolute Gasteiger partial charge is 0.383 e. The third-order valence-electron chi connectivity index (χ3n) is 2.76. The van der Waals surface area contributed by atoms with Gasteiger partial charge in [0, 0.05) is 12.6 Å². The fourth-order valence-electron chi connectivity index (χ4n) is 1.66. The Morgan fingerprint density at radius 2 is 1.87 bits per heavy atom. The van der Waals surface area contributed by atoms with Gasteiger partial charge >= 0.3 is 0 Å². The highest BCUT2D eigenvalue weighted by Gasteiger charge is 2.12. The van der Waals surface area contributed by atoms with Crippen molar-refractivity contribution in [3.63, 3.8) is 0 Å². The molecule has 0 spiro atoms. The van der Waals surface area contributed by atoms with Crippen molar-refractivity contribution in [1.29, 1.82) is 0 Å². The molecule has 2 aromatic rings. The predicted molar refractivity (Wildman–Crippen MR) is 62.5 cm³/mol. The number of hydrogen-bond acceptors (Lipinski definition) is 2. The van der Waals surface area contributed by atoms with Gasteiger partial charge < -0.3 is 10.3 Å². The molecule has 0 saturated heterocycles. The zero-order valence-electron chi connectivity index (χ0n) is 9.28. The number of benzene rings is 1. The molecule has 0 amide bonds. The van der Waals surface area contributed by atoms with E-state index >= 15 is 0 Å². The summed E-state index contributed by atoms with van der Waals surface area (Å²) in [4.78, 5) is 4.48. The number of aromatic nitrogens is 2. The summed E-state index contributed by atoms with van der Waals surface area (Å²) in [5.41, 5.74) is 9.19. The highest BCUT2D eigenvalue weighted by molar-refractivity contribution is 5.73. The lowest BCUT2D eigenvalue weighted by Gasteiger charge is -2.03. The molecule has 0 aliphatic rings. The molecule has 78 valence electrons. The highest BCUT2D eigenvalue weighted by atomic mass is 15.1. The van der Waals surface area contributed by atoms with Crippen LogP contribution in [0, 0.1) is 13.8 Å². The lowest BCUT2D eigenvalue weighted by atomic mass is 10.1. The van der Waals surface area contributed by atoms with E-state index in [1.54, 1.807) is 0 Å². The second-order valence-electron chi connectivity index (χ2n) is 3.77. The summed E-state index contributed by atoms with van der Waals surface area (Å²) in [5.74, 6) is 1.66. The van der Waals surface area contributed by atoms with Crippen molar-refractivity contribution in [1.82, 2.24) is 9.55 Å². The lowest BCUT2D eigenvalue weighted by molar-refractivity contribution is 0.868. The van der Waals surface area contributed by atoms with E-state index in [-0.39, 0.29) is 0 Å². The summed E-state index contributed by atoms with van der Waals surface area (Å²) in [6.45, 7) is 4.02. The van der Waals surface area contributed by atoms with Crippen LogP contribution >= 0.6 is 0 Å². The van der Waals surface area contributed by atoms with Gasteiger partial charge in [0.05, 0.1) is 0 Å². The average molecular weight is 201 g/mol. The zero-order valence-corrected chi connectivity index (χ0v) is 9.28. The summed E-state index contributed by atoms with van der Waals surface area (Å²) in [6, 6.07) is 8.14. The van der Waals surface area contributed by atoms with Crippen LogP contribution in [0.3, 0.4) is 0 Å². The van der Waals surface area contributed by atoms with Gasteiger partial charge in [-0.1, -0.05) is 24.3 Å². The van der Waals surface area contributed by atoms with Crippen LogP contribution in [0.15, 0.2) is 24.3 Å². The molecule has 0 fully saturated rings. The van der Waals surface area contributed by atoms with Gasteiger partial charge in [-0.3, -0.25) is 0 Å². The maximum atomic E-state index is 6.00. The summed E-state index contributed by atoms with van der Waals surface area (Å²) in [6.07, 6.45) is 0. The van der Waals surface area contributed by atoms with E-state index in [2.05, 4.69) is 18.0 Å². The van der Waals surface area contributed by atoms with Crippen molar-refractivity contribution >= 4 is 5.82 Å². The molecule has 1 aromatic heterocycles. The first-order valence-corrected chi connectivity index (χ1v) is 4.96. The molecular formula is C12H15N3. The first-order valence-electron chi connectivity index (χ1n) is 4.96. The van der Waals surface area contributed by atoms with Crippen molar-refractivity contribution in [2.75, 3.05) is 5.73 Å². The van der Waals surface area contributed by atoms with Crippen molar-refractivity contribution < 1.29 is 0 Å². The Morgan fingerprint density at radius 3 is 2.40 bits per heavy atom. The summed E-state index contributed by atoms with van der Waals surface area (Å²) < 4.78 is 1.90. The predicted octanol–water partition coefficient (Wildman–Crippen LogP) is 2.29. The van der Waals surface area contributed by atoms with Crippen molar-refractivity contribution in [2.45, 2.75) is 13.8 Å². The molecular weight excluding hydrogens is 186 g/mol. The van der Waals surface area contributed by atoms with Gasteiger partial charge in [0.25, 0.3) is 0 Å². The van der Waals surface area contributed by atoms with Crippen LogP contribution in [0.5, 0.6) is 0 Å². The molecule has 2 rings (SSSR count). The van der Waals surface area contributed by atoms with E-state index in [0.29, 0.717) is 0 Å². The summed E-state index contributed by atoms with van der Waals surface area (Å²) in [5, 5.41) is 0. The average Bonchev–Trinajstić information content (AvgIpc) is 2.47. The van der Waals surface area contributed by atoms with Crippen molar-refractivity contribution in [3.05, 3.63) is 35.7 Å². The monoisotopic (exact) mass is 201 g/mol. The first kappa shape index (κ1) is 9.77. The molecule has 3 nitrogen and oxygen atoms in total. The Bertz CT molecular complexity index is 498. The maximum Gasteiger partial charge on any atom is 0.131 e. The fraction of sp³-hybridized carbons (Fsp3) is 0.250. The van der Waals surface area contributed by atoms with Gasteiger partial charge in [-0.25, -0.2) is 4.98 Å². The van der Waals surface area contributed by atoms with Gasteiger partial charge in [-0.05, 0) is 19.4 Å². The van der Waals surface area contributed by atoms with Crippen LogP contribution in [0.25, 0.3) is 11.3 Å². The van der Waals surface area contributed by atoms with Crippen LogP contribution < -0.4 is 5.73 Å². The quantitative estimate of drug-likeness (QED) is 0.769. The summed E-state index contributed by atoms with van der Waals surface area (Å²) in [7, 11) is 1.93. The minimum absolute atomic E-state index is 0.724. The number of hydrogen-bond donors (Lipinski definition) is 1. The van der Waals surface area contributed by atoms with Gasteiger partial charge in [0.2, 0.25) is 0 Å². The first-order chi connectivity index (χ1) is 7.11. The number of nitrogens with two attached hydrogens (primary N) is 1. The van der Waals surface area contributed by atoms with E-state index in [0.717, 1.165) is 22.9 Å². The molecule has 0 aliphatic heterocycles. The molecule has 0 bridgehead atoms. The van der Waals surface area contributed by atoms with Gasteiger partial charge in [-0.2, -0.15) is 0 Å². The Hall–Kier alpha value is -1.77. The third-order valence-corrected chi connectivity index (χ3v) is 2.76. The number of aryl methyl sites for hydroxylation is 2. The van der Waals surface area contributed by atoms with Gasteiger partial charge in [0.15, 0.2) is 0 Å². The minimum Gasteiger partial charge on any atom is -0.383 e. The van der Waals surface area contributed by atoms with Crippen LogP contribution in [0.1, 0.15) is 11.4 Å². The second-order valence-corrected chi connectivity index (χ2v) is 3.77. The number of anilines is 1. The molecule has 0 aliphatic carbocycles. The number of rotatable bonds is 1. The molecule has 3 heteroatoms. The molecule has 0 radical (unpaired) electrons. The normalized spacial score (nSPS) is 10.6. The molecule has 0 atom stereocenters. The Balaban J connectivity index is 2.65. The van der Waals surface area contributed by atoms with E-state index in [1.807, 2.05) is 36.7 Å². The molecule has 0 unspecified atom stereocenters. The van der Waals surface area contributed by atoms with E-state index in [1.165, 1.54) is 5.56 Å². The van der Waals surface area contributed by atoms with Crippen LogP contribution in [0.4, 0.5) is 5.82 Å². The number of nitrogens with zero attached hydrogens (tertiary/aromatic N) is 2. The van der Waals surface area contributed by atoms with Gasteiger partial charge in [-0.15, -0.1) is 0 Å². The Kier molecular flexibility index (Phi) is 2.23. The van der Waals surface area contributed by atoms with Crippen molar-refractivity contribution in [3.8, 4) is 11.3 Å². The molecule has 0 saturated carbocycles. The Labute approximate surface area is 89.6 Å². The maximum absolute atomic E-state index is 6.00. The standard InChI is InChI=1S/C12H15N3/c1-8-6-4-5-7-10(8)11-12(13)15(3)9(2)14-11/h4-7H,13H2,1-3H3. The van der Waals surface area contributed by atoms with Gasteiger partial charge in [0.1, 0.15) is 17.3 Å². The number of nitrogen functional groups attached to an aromatic ring is 1. The lowest BCUT2D eigenvalue weighted by Crippen LogP contribution is -1.98. The third kappa shape index (κ3) is 1.50.